The summed E-state index contributed by atoms with van der Waals surface area (Å²) < 4.78 is 0. The Morgan fingerprint density at radius 1 is 1.24 bits per heavy atom. The molecule has 0 aliphatic rings. The summed E-state index contributed by atoms with van der Waals surface area (Å²) >= 11 is 0. The highest BCUT2D eigenvalue weighted by Crippen LogP contribution is 2.22. The lowest BCUT2D eigenvalue weighted by Gasteiger charge is -2.15. The van der Waals surface area contributed by atoms with Crippen molar-refractivity contribution in [2.45, 2.75) is 52.5 Å². The van der Waals surface area contributed by atoms with Crippen molar-refractivity contribution in [3.63, 3.8) is 0 Å². The average molecular weight is 452 g/mol. The SMILES string of the molecule is C#CCC(Cc1cnc2nc(N)nc(N)c2n1)C(C)=CC=C(C)C(=O)NC(C)CCC(=O)O. The average Bonchev–Trinajstić information content (AvgIpc) is 2.75. The third-order valence-electron chi connectivity index (χ3n) is 5.09. The molecule has 33 heavy (non-hydrogen) atoms. The van der Waals surface area contributed by atoms with Gasteiger partial charge in [-0.05, 0) is 39.5 Å². The summed E-state index contributed by atoms with van der Waals surface area (Å²) in [4.78, 5) is 39.8. The Kier molecular flexibility index (Phi) is 8.86. The van der Waals surface area contributed by atoms with Crippen LogP contribution in [-0.2, 0) is 16.0 Å². The monoisotopic (exact) mass is 451 g/mol. The number of aromatic nitrogens is 4. The zero-order valence-electron chi connectivity index (χ0n) is 19.0. The highest BCUT2D eigenvalue weighted by Gasteiger charge is 2.15. The molecule has 10 nitrogen and oxygen atoms in total. The molecule has 0 spiro atoms. The summed E-state index contributed by atoms with van der Waals surface area (Å²) in [7, 11) is 0. The molecule has 2 aromatic heterocycles. The van der Waals surface area contributed by atoms with Crippen molar-refractivity contribution in [3.05, 3.63) is 35.2 Å². The lowest BCUT2D eigenvalue weighted by molar-refractivity contribution is -0.137. The highest BCUT2D eigenvalue weighted by atomic mass is 16.4. The van der Waals surface area contributed by atoms with E-state index in [-0.39, 0.29) is 36.1 Å². The first-order valence-electron chi connectivity index (χ1n) is 10.5. The molecule has 0 aliphatic carbocycles. The zero-order chi connectivity index (χ0) is 24.5. The number of terminal acetylenes is 1. The molecule has 0 bridgehead atoms. The maximum Gasteiger partial charge on any atom is 0.303 e. The quantitative estimate of drug-likeness (QED) is 0.240. The first kappa shape index (κ1) is 25.3. The van der Waals surface area contributed by atoms with E-state index >= 15 is 0 Å². The third-order valence-corrected chi connectivity index (χ3v) is 5.09. The molecule has 0 radical (unpaired) electrons. The van der Waals surface area contributed by atoms with Crippen molar-refractivity contribution in [1.82, 2.24) is 25.3 Å². The van der Waals surface area contributed by atoms with Crippen LogP contribution in [0.15, 0.2) is 29.5 Å². The van der Waals surface area contributed by atoms with Gasteiger partial charge in [0.05, 0.1) is 11.9 Å². The Morgan fingerprint density at radius 2 is 1.97 bits per heavy atom. The second kappa shape index (κ2) is 11.6. The smallest absolute Gasteiger partial charge is 0.303 e. The number of carboxylic acids is 1. The van der Waals surface area contributed by atoms with Crippen molar-refractivity contribution in [2.24, 2.45) is 5.92 Å². The molecule has 10 heteroatoms. The van der Waals surface area contributed by atoms with Crippen molar-refractivity contribution >= 4 is 34.8 Å². The standard InChI is InChI=1S/C23H29N7O3/c1-5-6-16(11-17-12-26-21-19(28-17)20(24)29-23(25)30-21)13(2)7-8-14(3)22(33)27-15(4)9-10-18(31)32/h1,7-8,12,15-16H,6,9-11H2,2-4H3,(H,27,33)(H,31,32)(H4,24,25,26,29,30). The number of carboxylic acid groups (broad SMARTS) is 1. The number of nitrogen functional groups attached to an aromatic ring is 2. The van der Waals surface area contributed by atoms with Crippen LogP contribution in [0.1, 0.15) is 45.7 Å². The van der Waals surface area contributed by atoms with Crippen LogP contribution in [0.5, 0.6) is 0 Å². The number of nitrogens with one attached hydrogen (secondary N) is 1. The number of anilines is 2. The fourth-order valence-electron chi connectivity index (χ4n) is 3.09. The predicted octanol–water partition coefficient (Wildman–Crippen LogP) is 2.03. The third kappa shape index (κ3) is 7.57. The van der Waals surface area contributed by atoms with Gasteiger partial charge in [-0.3, -0.25) is 9.59 Å². The second-order valence-corrected chi connectivity index (χ2v) is 7.88. The van der Waals surface area contributed by atoms with E-state index < -0.39 is 5.97 Å². The Morgan fingerprint density at radius 3 is 2.64 bits per heavy atom. The number of nitrogens with zero attached hydrogens (tertiary/aromatic N) is 4. The van der Waals surface area contributed by atoms with Crippen LogP contribution < -0.4 is 16.8 Å². The van der Waals surface area contributed by atoms with Gasteiger partial charge in [-0.15, -0.1) is 12.3 Å². The van der Waals surface area contributed by atoms with Gasteiger partial charge < -0.3 is 21.9 Å². The van der Waals surface area contributed by atoms with Gasteiger partial charge in [-0.25, -0.2) is 9.97 Å². The van der Waals surface area contributed by atoms with E-state index in [1.807, 2.05) is 13.0 Å². The topological polar surface area (TPSA) is 170 Å². The van der Waals surface area contributed by atoms with Crippen molar-refractivity contribution in [1.29, 1.82) is 0 Å². The number of allylic oxidation sites excluding steroid dienone is 3. The van der Waals surface area contributed by atoms with E-state index in [0.29, 0.717) is 41.7 Å². The largest absolute Gasteiger partial charge is 0.481 e. The van der Waals surface area contributed by atoms with E-state index in [2.05, 4.69) is 31.2 Å². The minimum absolute atomic E-state index is 0.000186. The molecule has 0 saturated carbocycles. The van der Waals surface area contributed by atoms with Crippen LogP contribution in [0.25, 0.3) is 11.2 Å². The maximum absolute atomic E-state index is 12.3. The van der Waals surface area contributed by atoms with Gasteiger partial charge in [-0.2, -0.15) is 9.97 Å². The normalized spacial score (nSPS) is 13.9. The van der Waals surface area contributed by atoms with Crippen molar-refractivity contribution in [2.75, 3.05) is 11.5 Å². The molecule has 2 rings (SSSR count). The summed E-state index contributed by atoms with van der Waals surface area (Å²) in [5, 5.41) is 11.6. The maximum atomic E-state index is 12.3. The van der Waals surface area contributed by atoms with Crippen LogP contribution in [0.2, 0.25) is 0 Å². The van der Waals surface area contributed by atoms with Gasteiger partial charge in [0, 0.05) is 24.5 Å². The van der Waals surface area contributed by atoms with E-state index in [1.54, 1.807) is 26.1 Å². The molecule has 0 aliphatic heterocycles. The van der Waals surface area contributed by atoms with Gasteiger partial charge in [0.25, 0.3) is 0 Å². The summed E-state index contributed by atoms with van der Waals surface area (Å²) in [5.74, 6) is 1.71. The summed E-state index contributed by atoms with van der Waals surface area (Å²) in [5.41, 5.74) is 14.4. The number of hydrogen-bond acceptors (Lipinski definition) is 8. The lowest BCUT2D eigenvalue weighted by atomic mass is 9.91. The number of amides is 1. The molecule has 1 amide bonds. The van der Waals surface area contributed by atoms with Crippen LogP contribution in [-0.4, -0.2) is 43.0 Å². The molecule has 2 heterocycles. The summed E-state index contributed by atoms with van der Waals surface area (Å²) in [6, 6.07) is -0.241. The number of nitrogens with two attached hydrogens (primary N) is 2. The van der Waals surface area contributed by atoms with Crippen molar-refractivity contribution < 1.29 is 14.7 Å². The Balaban J connectivity index is 2.13. The van der Waals surface area contributed by atoms with Crippen LogP contribution in [0.3, 0.4) is 0 Å². The van der Waals surface area contributed by atoms with Gasteiger partial charge >= 0.3 is 5.97 Å². The molecule has 2 unspecified atom stereocenters. The summed E-state index contributed by atoms with van der Waals surface area (Å²) in [6.45, 7) is 5.41. The summed E-state index contributed by atoms with van der Waals surface area (Å²) in [6.07, 6.45) is 12.1. The first-order valence-corrected chi connectivity index (χ1v) is 10.5. The number of aliphatic carboxylic acids is 1. The molecular weight excluding hydrogens is 422 g/mol. The van der Waals surface area contributed by atoms with E-state index in [0.717, 1.165) is 5.57 Å². The lowest BCUT2D eigenvalue weighted by Crippen LogP contribution is -2.33. The number of carbonyl (C=O) groups excluding carboxylic acids is 1. The fraction of sp³-hybridized carbons (Fsp3) is 0.391. The molecule has 0 aromatic carbocycles. The molecule has 0 fully saturated rings. The van der Waals surface area contributed by atoms with Crippen LogP contribution >= 0.6 is 0 Å². The van der Waals surface area contributed by atoms with Crippen molar-refractivity contribution in [3.8, 4) is 12.3 Å². The number of hydrogen-bond donors (Lipinski definition) is 4. The van der Waals surface area contributed by atoms with Crippen LogP contribution in [0, 0.1) is 18.3 Å². The van der Waals surface area contributed by atoms with E-state index in [4.69, 9.17) is 23.0 Å². The molecule has 2 aromatic rings. The molecule has 6 N–H and O–H groups in total. The molecule has 174 valence electrons. The van der Waals surface area contributed by atoms with E-state index in [1.165, 1.54) is 0 Å². The number of fused-ring (bicyclic) bond motifs is 1. The van der Waals surface area contributed by atoms with Gasteiger partial charge in [-0.1, -0.05) is 17.7 Å². The van der Waals surface area contributed by atoms with Gasteiger partial charge in [0.2, 0.25) is 11.9 Å². The Hall–Kier alpha value is -4.00. The molecular formula is C23H29N7O3. The van der Waals surface area contributed by atoms with Gasteiger partial charge in [0.15, 0.2) is 17.0 Å². The minimum atomic E-state index is -0.892. The number of carbonyl (C=O) groups is 2. The van der Waals surface area contributed by atoms with Gasteiger partial charge in [0.1, 0.15) is 0 Å². The first-order chi connectivity index (χ1) is 15.6. The zero-order valence-corrected chi connectivity index (χ0v) is 19.0. The Labute approximate surface area is 192 Å². The fourth-order valence-corrected chi connectivity index (χ4v) is 3.09. The second-order valence-electron chi connectivity index (χ2n) is 7.88. The molecule has 0 saturated heterocycles. The number of rotatable bonds is 10. The van der Waals surface area contributed by atoms with Crippen LogP contribution in [0.4, 0.5) is 11.8 Å². The van der Waals surface area contributed by atoms with E-state index in [9.17, 15) is 9.59 Å². The molecule has 2 atom stereocenters. The minimum Gasteiger partial charge on any atom is -0.481 e. The highest BCUT2D eigenvalue weighted by molar-refractivity contribution is 5.93. The predicted molar refractivity (Wildman–Crippen MR) is 127 cm³/mol. The Bertz CT molecular complexity index is 1130.